The molecule has 0 radical (unpaired) electrons. The van der Waals surface area contributed by atoms with Gasteiger partial charge in [-0.2, -0.15) is 0 Å². The Labute approximate surface area is 295 Å². The summed E-state index contributed by atoms with van der Waals surface area (Å²) < 4.78 is 0. The van der Waals surface area contributed by atoms with Crippen molar-refractivity contribution in [1.82, 2.24) is 26.2 Å². The van der Waals surface area contributed by atoms with E-state index in [1.807, 2.05) is 42.5 Å². The van der Waals surface area contributed by atoms with Crippen LogP contribution in [0.2, 0.25) is 0 Å². The molecule has 1 aliphatic heterocycles. The van der Waals surface area contributed by atoms with Crippen LogP contribution in [0.4, 0.5) is 0 Å². The summed E-state index contributed by atoms with van der Waals surface area (Å²) in [7, 11) is 0. The minimum atomic E-state index is -1.26. The molecule has 2 aromatic rings. The van der Waals surface area contributed by atoms with E-state index in [2.05, 4.69) is 26.3 Å². The molecule has 51 heavy (non-hydrogen) atoms. The number of fused-ring (bicyclic) bond motifs is 1. The molecule has 1 fully saturated rings. The molecule has 3 rings (SSSR count). The van der Waals surface area contributed by atoms with E-state index in [9.17, 15) is 33.9 Å². The molecule has 0 bridgehead atoms. The summed E-state index contributed by atoms with van der Waals surface area (Å²) in [4.78, 5) is 82.9. The van der Waals surface area contributed by atoms with Crippen LogP contribution in [-0.2, 0) is 35.2 Å². The molecule has 1 saturated heterocycles. The van der Waals surface area contributed by atoms with Gasteiger partial charge in [-0.3, -0.25) is 33.8 Å². The number of hydrogen-bond acceptors (Lipinski definition) is 9. The summed E-state index contributed by atoms with van der Waals surface area (Å²) in [5.41, 5.74) is 17.5. The zero-order valence-corrected chi connectivity index (χ0v) is 28.8. The van der Waals surface area contributed by atoms with E-state index in [0.717, 1.165) is 10.8 Å². The quantitative estimate of drug-likeness (QED) is 0.0501. The van der Waals surface area contributed by atoms with Gasteiger partial charge >= 0.3 is 5.97 Å². The minimum Gasteiger partial charge on any atom is -0.480 e. The first kappa shape index (κ1) is 40.1. The Hall–Kier alpha value is -5.29. The fourth-order valence-electron chi connectivity index (χ4n) is 5.63. The van der Waals surface area contributed by atoms with E-state index in [4.69, 9.17) is 22.3 Å². The van der Waals surface area contributed by atoms with E-state index < -0.39 is 78.4 Å². The van der Waals surface area contributed by atoms with Crippen molar-refractivity contribution < 1.29 is 39.0 Å². The monoisotopic (exact) mass is 711 g/mol. The number of likely N-dealkylation sites (tertiary alicyclic amines) is 1. The maximum atomic E-state index is 14.0. The van der Waals surface area contributed by atoms with Crippen molar-refractivity contribution in [3.8, 4) is 0 Å². The first-order valence-electron chi connectivity index (χ1n) is 16.9. The van der Waals surface area contributed by atoms with Crippen LogP contribution in [-0.4, -0.2) is 113 Å². The lowest BCUT2D eigenvalue weighted by Crippen LogP contribution is -2.61. The van der Waals surface area contributed by atoms with Crippen molar-refractivity contribution in [2.45, 2.75) is 88.7 Å². The van der Waals surface area contributed by atoms with Gasteiger partial charge in [0.05, 0.1) is 12.6 Å². The van der Waals surface area contributed by atoms with Gasteiger partial charge in [0.2, 0.25) is 29.5 Å². The van der Waals surface area contributed by atoms with Gasteiger partial charge in [-0.15, -0.1) is 0 Å². The average molecular weight is 712 g/mol. The molecule has 0 spiro atoms. The number of carboxylic acid groups (broad SMARTS) is 1. The van der Waals surface area contributed by atoms with Crippen LogP contribution in [0.25, 0.3) is 10.8 Å². The smallest absolute Gasteiger partial charge is 0.325 e. The molecule has 0 aliphatic carbocycles. The second-order valence-corrected chi connectivity index (χ2v) is 12.6. The SMILES string of the molecule is C[C@H](O)[C@@H](N)C(=O)N1CCCC[C@H]1C(=O)N[C@@H](Cc1ccc2ccccc2c1)C(=O)N[C@@H](CCCN=C(N)N)C(=O)NCC(=O)N[C@H](C)C(=O)O. The van der Waals surface area contributed by atoms with Crippen LogP contribution >= 0.6 is 0 Å². The van der Waals surface area contributed by atoms with Crippen molar-refractivity contribution in [2.24, 2.45) is 22.2 Å². The Kier molecular flexibility index (Phi) is 15.1. The Morgan fingerprint density at radius 1 is 0.941 bits per heavy atom. The van der Waals surface area contributed by atoms with Gasteiger partial charge in [-0.1, -0.05) is 42.5 Å². The van der Waals surface area contributed by atoms with Gasteiger partial charge in [0.15, 0.2) is 5.96 Å². The lowest BCUT2D eigenvalue weighted by atomic mass is 9.97. The Morgan fingerprint density at radius 2 is 1.65 bits per heavy atom. The fourth-order valence-corrected chi connectivity index (χ4v) is 5.63. The zero-order valence-electron chi connectivity index (χ0n) is 28.8. The standard InChI is InChI=1S/C34H49N9O8/c1-19(33(50)51)40-27(45)18-39-29(46)24(10-7-14-38-34(36)37)41-30(47)25(17-21-12-13-22-8-3-4-9-23(22)16-21)42-31(48)26-11-5-6-15-43(26)32(49)28(35)20(2)44/h3-4,8-9,12-13,16,19-20,24-26,28,44H,5-7,10-11,14-15,17-18,35H2,1-2H3,(H,39,46)(H,40,45)(H,41,47)(H,42,48)(H,50,51)(H4,36,37,38)/t19-,20+,24+,25+,26+,28-/m1/s1. The summed E-state index contributed by atoms with van der Waals surface area (Å²) in [6.45, 7) is 2.47. The van der Waals surface area contributed by atoms with Crippen LogP contribution < -0.4 is 38.5 Å². The number of rotatable bonds is 17. The largest absolute Gasteiger partial charge is 0.480 e. The number of nitrogens with one attached hydrogen (secondary N) is 4. The Balaban J connectivity index is 1.87. The number of aliphatic imine (C=N–C) groups is 1. The van der Waals surface area contributed by atoms with Crippen LogP contribution in [0, 0.1) is 0 Å². The maximum absolute atomic E-state index is 14.0. The Morgan fingerprint density at radius 3 is 2.31 bits per heavy atom. The molecule has 2 aromatic carbocycles. The van der Waals surface area contributed by atoms with Crippen LogP contribution in [0.5, 0.6) is 0 Å². The number of amides is 5. The van der Waals surface area contributed by atoms with Crippen molar-refractivity contribution in [3.05, 3.63) is 48.0 Å². The van der Waals surface area contributed by atoms with Gasteiger partial charge in [0.25, 0.3) is 0 Å². The van der Waals surface area contributed by atoms with Crippen LogP contribution in [0.15, 0.2) is 47.5 Å². The predicted octanol–water partition coefficient (Wildman–Crippen LogP) is -1.80. The van der Waals surface area contributed by atoms with Gasteiger partial charge in [0.1, 0.15) is 30.2 Å². The zero-order chi connectivity index (χ0) is 37.7. The summed E-state index contributed by atoms with van der Waals surface area (Å²) in [6.07, 6.45) is 0.762. The number of nitrogens with two attached hydrogens (primary N) is 3. The lowest BCUT2D eigenvalue weighted by Gasteiger charge is -2.37. The van der Waals surface area contributed by atoms with Gasteiger partial charge in [0, 0.05) is 19.5 Å². The number of carboxylic acids is 1. The van der Waals surface area contributed by atoms with Crippen molar-refractivity contribution >= 4 is 52.2 Å². The van der Waals surface area contributed by atoms with Crippen molar-refractivity contribution in [2.75, 3.05) is 19.6 Å². The van der Waals surface area contributed by atoms with E-state index in [-0.39, 0.29) is 38.3 Å². The second kappa shape index (κ2) is 19.2. The first-order chi connectivity index (χ1) is 24.2. The number of hydrogen-bond donors (Lipinski definition) is 9. The third-order valence-electron chi connectivity index (χ3n) is 8.53. The molecular weight excluding hydrogens is 662 g/mol. The van der Waals surface area contributed by atoms with E-state index in [1.165, 1.54) is 18.7 Å². The van der Waals surface area contributed by atoms with Gasteiger partial charge < -0.3 is 53.6 Å². The number of aliphatic hydroxyl groups excluding tert-OH is 1. The predicted molar refractivity (Wildman–Crippen MR) is 189 cm³/mol. The number of carbonyl (C=O) groups is 6. The molecule has 6 atom stereocenters. The Bertz CT molecular complexity index is 1600. The number of piperidine rings is 1. The molecule has 5 amide bonds. The number of aliphatic hydroxyl groups is 1. The highest BCUT2D eigenvalue weighted by atomic mass is 16.4. The van der Waals surface area contributed by atoms with Crippen molar-refractivity contribution in [3.63, 3.8) is 0 Å². The maximum Gasteiger partial charge on any atom is 0.325 e. The second-order valence-electron chi connectivity index (χ2n) is 12.6. The third-order valence-corrected chi connectivity index (χ3v) is 8.53. The normalized spacial score (nSPS) is 17.2. The molecule has 17 nitrogen and oxygen atoms in total. The molecule has 12 N–H and O–H groups in total. The highest BCUT2D eigenvalue weighted by Gasteiger charge is 2.37. The molecule has 1 heterocycles. The highest BCUT2D eigenvalue weighted by molar-refractivity contribution is 5.96. The van der Waals surface area contributed by atoms with Crippen molar-refractivity contribution in [1.29, 1.82) is 0 Å². The number of aliphatic carboxylic acids is 1. The molecule has 0 aromatic heterocycles. The van der Waals surface area contributed by atoms with Crippen LogP contribution in [0.1, 0.15) is 51.5 Å². The highest BCUT2D eigenvalue weighted by Crippen LogP contribution is 2.20. The summed E-state index contributed by atoms with van der Waals surface area (Å²) in [6, 6.07) is 7.42. The molecular formula is C34H49N9O8. The molecule has 17 heteroatoms. The van der Waals surface area contributed by atoms with Crippen LogP contribution in [0.3, 0.4) is 0 Å². The first-order valence-corrected chi connectivity index (χ1v) is 16.9. The number of carbonyl (C=O) groups excluding carboxylic acids is 5. The van der Waals surface area contributed by atoms with Gasteiger partial charge in [-0.05, 0) is 62.3 Å². The van der Waals surface area contributed by atoms with E-state index in [1.54, 1.807) is 0 Å². The van der Waals surface area contributed by atoms with Gasteiger partial charge in [-0.25, -0.2) is 0 Å². The molecule has 0 unspecified atom stereocenters. The molecule has 1 aliphatic rings. The molecule has 0 saturated carbocycles. The minimum absolute atomic E-state index is 0.0219. The third kappa shape index (κ3) is 12.2. The lowest BCUT2D eigenvalue weighted by molar-refractivity contribution is -0.145. The number of benzene rings is 2. The number of nitrogens with zero attached hydrogens (tertiary/aromatic N) is 2. The fraction of sp³-hybridized carbons (Fsp3) is 0.500. The molecule has 278 valence electrons. The summed E-state index contributed by atoms with van der Waals surface area (Å²) >= 11 is 0. The number of guanidine groups is 1. The summed E-state index contributed by atoms with van der Waals surface area (Å²) in [5, 5.41) is 31.0. The average Bonchev–Trinajstić information content (AvgIpc) is 3.10. The van der Waals surface area contributed by atoms with E-state index in [0.29, 0.717) is 24.8 Å². The summed E-state index contributed by atoms with van der Waals surface area (Å²) in [5.74, 6) is -4.81. The van der Waals surface area contributed by atoms with E-state index >= 15 is 0 Å². The topological polar surface area (TPSA) is 285 Å².